The molecule has 0 aromatic heterocycles. The van der Waals surface area contributed by atoms with E-state index in [9.17, 15) is 9.90 Å². The molecule has 122 valence electrons. The van der Waals surface area contributed by atoms with Crippen molar-refractivity contribution in [1.82, 2.24) is 0 Å². The summed E-state index contributed by atoms with van der Waals surface area (Å²) in [4.78, 5) is 10.4. The normalized spacial score (nSPS) is 15.8. The van der Waals surface area contributed by atoms with Gasteiger partial charge in [-0.1, -0.05) is 66.5 Å². The van der Waals surface area contributed by atoms with Gasteiger partial charge in [0.15, 0.2) is 0 Å². The smallest absolute Gasteiger partial charge is 0.328 e. The van der Waals surface area contributed by atoms with Crippen molar-refractivity contribution in [2.24, 2.45) is 0 Å². The summed E-state index contributed by atoms with van der Waals surface area (Å²) in [6.45, 7) is 7.90. The summed E-state index contributed by atoms with van der Waals surface area (Å²) in [5.74, 6) is -0.944. The molecule has 0 aliphatic heterocycles. The Morgan fingerprint density at radius 1 is 1.05 bits per heavy atom. The van der Waals surface area contributed by atoms with E-state index in [1.54, 1.807) is 6.08 Å². The van der Waals surface area contributed by atoms with Crippen LogP contribution in [0.25, 0.3) is 0 Å². The molecule has 0 amide bonds. The van der Waals surface area contributed by atoms with E-state index in [-0.39, 0.29) is 6.10 Å². The van der Waals surface area contributed by atoms with Crippen LogP contribution >= 0.6 is 0 Å². The topological polar surface area (TPSA) is 57.5 Å². The first-order chi connectivity index (χ1) is 10.3. The van der Waals surface area contributed by atoms with E-state index in [0.29, 0.717) is 6.42 Å². The number of hydrogen-bond acceptors (Lipinski definition) is 2. The predicted octanol–water partition coefficient (Wildman–Crippen LogP) is 4.57. The second-order valence-electron chi connectivity index (χ2n) is 5.46. The molecule has 0 spiro atoms. The van der Waals surface area contributed by atoms with E-state index >= 15 is 0 Å². The third-order valence-corrected chi connectivity index (χ3v) is 3.00. The average Bonchev–Trinajstić information content (AvgIpc) is 2.43. The zero-order valence-electron chi connectivity index (χ0n) is 14.0. The molecule has 0 rings (SSSR count). The van der Waals surface area contributed by atoms with Crippen LogP contribution in [0.2, 0.25) is 0 Å². The van der Waals surface area contributed by atoms with Crippen LogP contribution in [-0.2, 0) is 4.79 Å². The summed E-state index contributed by atoms with van der Waals surface area (Å²) in [7, 11) is 0. The number of carbonyl (C=O) groups is 1. The van der Waals surface area contributed by atoms with E-state index < -0.39 is 5.97 Å². The Morgan fingerprint density at radius 2 is 1.73 bits per heavy atom. The van der Waals surface area contributed by atoms with Crippen molar-refractivity contribution >= 4 is 5.97 Å². The third kappa shape index (κ3) is 11.9. The van der Waals surface area contributed by atoms with E-state index in [0.717, 1.165) is 35.6 Å². The maximum Gasteiger partial charge on any atom is 0.328 e. The molecular formula is C19H28O3. The Hall–Kier alpha value is -1.87. The lowest BCUT2D eigenvalue weighted by atomic mass is 10.1. The van der Waals surface area contributed by atoms with E-state index in [1.807, 2.05) is 51.2 Å². The van der Waals surface area contributed by atoms with Gasteiger partial charge in [-0.25, -0.2) is 4.79 Å². The van der Waals surface area contributed by atoms with Crippen molar-refractivity contribution in [2.75, 3.05) is 0 Å². The van der Waals surface area contributed by atoms with Crippen LogP contribution in [0.5, 0.6) is 0 Å². The third-order valence-electron chi connectivity index (χ3n) is 3.00. The van der Waals surface area contributed by atoms with Crippen molar-refractivity contribution < 1.29 is 15.0 Å². The van der Waals surface area contributed by atoms with Crippen LogP contribution in [-0.4, -0.2) is 22.3 Å². The Balaban J connectivity index is 4.52. The first-order valence-corrected chi connectivity index (χ1v) is 7.64. The Labute approximate surface area is 134 Å². The van der Waals surface area contributed by atoms with Gasteiger partial charge in [0.05, 0.1) is 6.10 Å². The van der Waals surface area contributed by atoms with Crippen LogP contribution in [0.4, 0.5) is 0 Å². The number of rotatable bonds is 9. The SMILES string of the molecule is CCCC(O)C/C=C(C)/C=C/C=C(C)/C=C(C)/C=C/C(=O)O. The molecule has 0 bridgehead atoms. The van der Waals surface area contributed by atoms with Gasteiger partial charge in [-0.15, -0.1) is 0 Å². The molecule has 0 radical (unpaired) electrons. The molecule has 2 N–H and O–H groups in total. The molecule has 0 saturated heterocycles. The van der Waals surface area contributed by atoms with Gasteiger partial charge in [-0.05, 0) is 33.6 Å². The Bertz CT molecular complexity index is 491. The lowest BCUT2D eigenvalue weighted by molar-refractivity contribution is -0.131. The quantitative estimate of drug-likeness (QED) is 0.484. The van der Waals surface area contributed by atoms with Crippen LogP contribution in [0.15, 0.2) is 59.3 Å². The zero-order chi connectivity index (χ0) is 17.0. The predicted molar refractivity (Wildman–Crippen MR) is 92.7 cm³/mol. The van der Waals surface area contributed by atoms with Crippen LogP contribution < -0.4 is 0 Å². The minimum atomic E-state index is -0.944. The van der Waals surface area contributed by atoms with E-state index in [4.69, 9.17) is 5.11 Å². The molecule has 1 atom stereocenters. The standard InChI is InChI=1S/C19H28O3/c1-5-7-18(20)12-10-15(2)8-6-9-16(3)14-17(4)11-13-19(21)22/h6,8-11,13-14,18,20H,5,7,12H2,1-4H3,(H,21,22)/b8-6+,13-11+,15-10+,16-9+,17-14+. The van der Waals surface area contributed by atoms with Crippen molar-refractivity contribution in [1.29, 1.82) is 0 Å². The fourth-order valence-electron chi connectivity index (χ4n) is 1.85. The van der Waals surface area contributed by atoms with Crippen LogP contribution in [0.3, 0.4) is 0 Å². The summed E-state index contributed by atoms with van der Waals surface area (Å²) in [6.07, 6.45) is 14.9. The highest BCUT2D eigenvalue weighted by Gasteiger charge is 1.98. The molecule has 0 heterocycles. The molecule has 22 heavy (non-hydrogen) atoms. The van der Waals surface area contributed by atoms with Crippen molar-refractivity contribution in [3.8, 4) is 0 Å². The summed E-state index contributed by atoms with van der Waals surface area (Å²) < 4.78 is 0. The molecule has 0 aliphatic carbocycles. The summed E-state index contributed by atoms with van der Waals surface area (Å²) >= 11 is 0. The maximum absolute atomic E-state index is 10.4. The minimum absolute atomic E-state index is 0.253. The average molecular weight is 304 g/mol. The van der Waals surface area contributed by atoms with Gasteiger partial charge in [0.25, 0.3) is 0 Å². The number of carboxylic acid groups (broad SMARTS) is 1. The van der Waals surface area contributed by atoms with Gasteiger partial charge < -0.3 is 10.2 Å². The lowest BCUT2D eigenvalue weighted by Crippen LogP contribution is -2.03. The van der Waals surface area contributed by atoms with Gasteiger partial charge >= 0.3 is 5.97 Å². The molecule has 1 unspecified atom stereocenters. The minimum Gasteiger partial charge on any atom is -0.478 e. The van der Waals surface area contributed by atoms with Gasteiger partial charge in [0, 0.05) is 6.08 Å². The summed E-state index contributed by atoms with van der Waals surface area (Å²) in [5, 5.41) is 18.2. The first-order valence-electron chi connectivity index (χ1n) is 7.64. The van der Waals surface area contributed by atoms with Crippen molar-refractivity contribution in [3.05, 3.63) is 59.3 Å². The monoisotopic (exact) mass is 304 g/mol. The molecular weight excluding hydrogens is 276 g/mol. The highest BCUT2D eigenvalue weighted by atomic mass is 16.4. The Morgan fingerprint density at radius 3 is 2.32 bits per heavy atom. The number of aliphatic hydroxyl groups excluding tert-OH is 1. The number of carboxylic acids is 1. The van der Waals surface area contributed by atoms with Crippen molar-refractivity contribution in [3.63, 3.8) is 0 Å². The van der Waals surface area contributed by atoms with Gasteiger partial charge in [-0.3, -0.25) is 0 Å². The second-order valence-corrected chi connectivity index (χ2v) is 5.46. The highest BCUT2D eigenvalue weighted by Crippen LogP contribution is 2.07. The summed E-state index contributed by atoms with van der Waals surface area (Å²) in [5.41, 5.74) is 3.05. The fourth-order valence-corrected chi connectivity index (χ4v) is 1.85. The number of aliphatic hydroxyl groups is 1. The van der Waals surface area contributed by atoms with Gasteiger partial charge in [-0.2, -0.15) is 0 Å². The van der Waals surface area contributed by atoms with Gasteiger partial charge in [0.2, 0.25) is 0 Å². The molecule has 3 heteroatoms. The van der Waals surface area contributed by atoms with Gasteiger partial charge in [0.1, 0.15) is 0 Å². The van der Waals surface area contributed by atoms with Crippen molar-refractivity contribution in [2.45, 2.75) is 53.1 Å². The second kappa shape index (κ2) is 11.8. The fraction of sp³-hybridized carbons (Fsp3) is 0.421. The summed E-state index contributed by atoms with van der Waals surface area (Å²) in [6, 6.07) is 0. The molecule has 3 nitrogen and oxygen atoms in total. The molecule has 0 saturated carbocycles. The highest BCUT2D eigenvalue weighted by molar-refractivity contribution is 5.80. The van der Waals surface area contributed by atoms with E-state index in [2.05, 4.69) is 6.92 Å². The largest absolute Gasteiger partial charge is 0.478 e. The first kappa shape index (κ1) is 20.1. The number of allylic oxidation sites excluding steroid dienone is 8. The zero-order valence-corrected chi connectivity index (χ0v) is 14.0. The molecule has 0 fully saturated rings. The van der Waals surface area contributed by atoms with E-state index in [1.165, 1.54) is 0 Å². The van der Waals surface area contributed by atoms with Crippen LogP contribution in [0.1, 0.15) is 47.0 Å². The Kier molecular flexibility index (Phi) is 10.8. The molecule has 0 aromatic carbocycles. The molecule has 0 aliphatic rings. The molecule has 0 aromatic rings. The number of hydrogen-bond donors (Lipinski definition) is 2. The lowest BCUT2D eigenvalue weighted by Gasteiger charge is -2.05. The maximum atomic E-state index is 10.4. The number of aliphatic carboxylic acids is 1. The van der Waals surface area contributed by atoms with Crippen LogP contribution in [0, 0.1) is 0 Å².